The van der Waals surface area contributed by atoms with E-state index < -0.39 is 0 Å². The van der Waals surface area contributed by atoms with Crippen LogP contribution >= 0.6 is 0 Å². The maximum absolute atomic E-state index is 6.00. The Morgan fingerprint density at radius 3 is 2.20 bits per heavy atom. The molecule has 0 bridgehead atoms. The fourth-order valence-corrected chi connectivity index (χ4v) is 2.92. The second kappa shape index (κ2) is 1.76. The lowest BCUT2D eigenvalue weighted by atomic mass is 9.66. The van der Waals surface area contributed by atoms with E-state index in [1.807, 2.05) is 0 Å². The Labute approximate surface area is 63.0 Å². The number of hydrogen-bond donors (Lipinski definition) is 1. The predicted molar refractivity (Wildman–Crippen MR) is 42.6 cm³/mol. The number of nitrogens with two attached hydrogens (primary N) is 1. The highest BCUT2D eigenvalue weighted by atomic mass is 14.7. The topological polar surface area (TPSA) is 26.0 Å². The SMILES string of the molecule is CC1(C)CC(N)C2CCC21. The van der Waals surface area contributed by atoms with E-state index in [2.05, 4.69) is 13.8 Å². The zero-order chi connectivity index (χ0) is 7.35. The summed E-state index contributed by atoms with van der Waals surface area (Å²) in [4.78, 5) is 0. The Morgan fingerprint density at radius 2 is 2.00 bits per heavy atom. The van der Waals surface area contributed by atoms with Gasteiger partial charge in [0, 0.05) is 6.04 Å². The lowest BCUT2D eigenvalue weighted by Gasteiger charge is -2.39. The highest BCUT2D eigenvalue weighted by Crippen LogP contribution is 2.56. The van der Waals surface area contributed by atoms with Gasteiger partial charge in [0.05, 0.1) is 0 Å². The zero-order valence-electron chi connectivity index (χ0n) is 6.93. The van der Waals surface area contributed by atoms with Crippen molar-refractivity contribution in [2.45, 2.75) is 39.2 Å². The molecule has 0 aliphatic heterocycles. The molecule has 10 heavy (non-hydrogen) atoms. The molecule has 3 unspecified atom stereocenters. The molecule has 2 saturated carbocycles. The summed E-state index contributed by atoms with van der Waals surface area (Å²) in [7, 11) is 0. The van der Waals surface area contributed by atoms with Crippen molar-refractivity contribution in [3.63, 3.8) is 0 Å². The molecule has 0 aromatic rings. The van der Waals surface area contributed by atoms with Gasteiger partial charge < -0.3 is 5.73 Å². The second-order valence-electron chi connectivity index (χ2n) is 4.70. The van der Waals surface area contributed by atoms with E-state index >= 15 is 0 Å². The predicted octanol–water partition coefficient (Wildman–Crippen LogP) is 1.77. The Balaban J connectivity index is 2.17. The second-order valence-corrected chi connectivity index (χ2v) is 4.70. The van der Waals surface area contributed by atoms with Gasteiger partial charge in [-0.2, -0.15) is 0 Å². The van der Waals surface area contributed by atoms with E-state index in [1.165, 1.54) is 19.3 Å². The molecule has 0 radical (unpaired) electrons. The quantitative estimate of drug-likeness (QED) is 0.544. The van der Waals surface area contributed by atoms with Gasteiger partial charge in [-0.05, 0) is 36.5 Å². The molecule has 3 atom stereocenters. The van der Waals surface area contributed by atoms with Gasteiger partial charge in [0.15, 0.2) is 0 Å². The highest BCUT2D eigenvalue weighted by Gasteiger charge is 2.51. The standard InChI is InChI=1S/C9H17N/c1-9(2)5-8(10)6-3-4-7(6)9/h6-8H,3-5,10H2,1-2H3. The Bertz CT molecular complexity index is 151. The molecule has 1 nitrogen and oxygen atoms in total. The summed E-state index contributed by atoms with van der Waals surface area (Å²) in [5, 5.41) is 0. The third-order valence-corrected chi connectivity index (χ3v) is 3.64. The normalized spacial score (nSPS) is 50.1. The smallest absolute Gasteiger partial charge is 0.00751 e. The first-order chi connectivity index (χ1) is 4.61. The molecule has 0 aromatic heterocycles. The molecule has 2 fully saturated rings. The van der Waals surface area contributed by atoms with Crippen molar-refractivity contribution >= 4 is 0 Å². The number of fused-ring (bicyclic) bond motifs is 1. The maximum atomic E-state index is 6.00. The van der Waals surface area contributed by atoms with Gasteiger partial charge >= 0.3 is 0 Å². The van der Waals surface area contributed by atoms with Gasteiger partial charge in [0.25, 0.3) is 0 Å². The van der Waals surface area contributed by atoms with Crippen LogP contribution in [0.3, 0.4) is 0 Å². The summed E-state index contributed by atoms with van der Waals surface area (Å²) in [6, 6.07) is 0.522. The van der Waals surface area contributed by atoms with Gasteiger partial charge in [0.1, 0.15) is 0 Å². The summed E-state index contributed by atoms with van der Waals surface area (Å²) in [6.45, 7) is 4.74. The van der Waals surface area contributed by atoms with Crippen LogP contribution in [-0.4, -0.2) is 6.04 Å². The number of hydrogen-bond acceptors (Lipinski definition) is 1. The zero-order valence-corrected chi connectivity index (χ0v) is 6.93. The first-order valence-electron chi connectivity index (χ1n) is 4.37. The summed E-state index contributed by atoms with van der Waals surface area (Å²) in [5.74, 6) is 1.84. The van der Waals surface area contributed by atoms with Crippen LogP contribution in [-0.2, 0) is 0 Å². The Hall–Kier alpha value is -0.0400. The van der Waals surface area contributed by atoms with Crippen LogP contribution in [0.2, 0.25) is 0 Å². The van der Waals surface area contributed by atoms with Crippen molar-refractivity contribution in [1.29, 1.82) is 0 Å². The van der Waals surface area contributed by atoms with Crippen LogP contribution in [0.25, 0.3) is 0 Å². The largest absolute Gasteiger partial charge is 0.327 e. The molecule has 1 heteroatoms. The Morgan fingerprint density at radius 1 is 1.30 bits per heavy atom. The summed E-state index contributed by atoms with van der Waals surface area (Å²) in [6.07, 6.45) is 4.09. The minimum absolute atomic E-state index is 0.522. The van der Waals surface area contributed by atoms with Crippen LogP contribution in [0, 0.1) is 17.3 Å². The van der Waals surface area contributed by atoms with Crippen molar-refractivity contribution in [3.8, 4) is 0 Å². The first-order valence-corrected chi connectivity index (χ1v) is 4.37. The van der Waals surface area contributed by atoms with E-state index in [0.29, 0.717) is 11.5 Å². The van der Waals surface area contributed by atoms with Crippen molar-refractivity contribution in [3.05, 3.63) is 0 Å². The summed E-state index contributed by atoms with van der Waals surface area (Å²) in [5.41, 5.74) is 6.55. The van der Waals surface area contributed by atoms with Gasteiger partial charge in [-0.3, -0.25) is 0 Å². The lowest BCUT2D eigenvalue weighted by Crippen LogP contribution is -2.35. The van der Waals surface area contributed by atoms with Crippen molar-refractivity contribution < 1.29 is 0 Å². The van der Waals surface area contributed by atoms with Gasteiger partial charge in [-0.15, -0.1) is 0 Å². The van der Waals surface area contributed by atoms with Crippen LogP contribution in [0.4, 0.5) is 0 Å². The lowest BCUT2D eigenvalue weighted by molar-refractivity contribution is 0.111. The first kappa shape index (κ1) is 6.66. The molecular weight excluding hydrogens is 122 g/mol. The van der Waals surface area contributed by atoms with Crippen LogP contribution < -0.4 is 5.73 Å². The van der Waals surface area contributed by atoms with Crippen molar-refractivity contribution in [2.24, 2.45) is 23.0 Å². The minimum atomic E-state index is 0.522. The van der Waals surface area contributed by atoms with E-state index in [1.54, 1.807) is 0 Å². The highest BCUT2D eigenvalue weighted by molar-refractivity contribution is 5.03. The van der Waals surface area contributed by atoms with Crippen molar-refractivity contribution in [1.82, 2.24) is 0 Å². The fraction of sp³-hybridized carbons (Fsp3) is 1.00. The number of rotatable bonds is 0. The fourth-order valence-electron chi connectivity index (χ4n) is 2.92. The third kappa shape index (κ3) is 0.672. The monoisotopic (exact) mass is 139 g/mol. The minimum Gasteiger partial charge on any atom is -0.327 e. The van der Waals surface area contributed by atoms with Crippen LogP contribution in [0.1, 0.15) is 33.1 Å². The molecule has 0 aromatic carbocycles. The van der Waals surface area contributed by atoms with Gasteiger partial charge in [-0.1, -0.05) is 13.8 Å². The van der Waals surface area contributed by atoms with E-state index in [-0.39, 0.29) is 0 Å². The molecule has 58 valence electrons. The van der Waals surface area contributed by atoms with Crippen molar-refractivity contribution in [2.75, 3.05) is 0 Å². The average Bonchev–Trinajstić information content (AvgIpc) is 1.66. The summed E-state index contributed by atoms with van der Waals surface area (Å²) >= 11 is 0. The molecule has 0 saturated heterocycles. The van der Waals surface area contributed by atoms with E-state index in [0.717, 1.165) is 11.8 Å². The van der Waals surface area contributed by atoms with Gasteiger partial charge in [-0.25, -0.2) is 0 Å². The molecule has 2 N–H and O–H groups in total. The van der Waals surface area contributed by atoms with E-state index in [4.69, 9.17) is 5.73 Å². The average molecular weight is 139 g/mol. The Kier molecular flexibility index (Phi) is 1.17. The maximum Gasteiger partial charge on any atom is 0.00751 e. The summed E-state index contributed by atoms with van der Waals surface area (Å²) < 4.78 is 0. The molecular formula is C9H17N. The molecule has 2 aliphatic carbocycles. The van der Waals surface area contributed by atoms with E-state index in [9.17, 15) is 0 Å². The molecule has 0 heterocycles. The molecule has 0 spiro atoms. The third-order valence-electron chi connectivity index (χ3n) is 3.64. The van der Waals surface area contributed by atoms with Crippen LogP contribution in [0.5, 0.6) is 0 Å². The molecule has 2 aliphatic rings. The van der Waals surface area contributed by atoms with Crippen LogP contribution in [0.15, 0.2) is 0 Å². The molecule has 2 rings (SSSR count). The van der Waals surface area contributed by atoms with Gasteiger partial charge in [0.2, 0.25) is 0 Å². The molecule has 0 amide bonds.